The topological polar surface area (TPSA) is 39.7 Å². The summed E-state index contributed by atoms with van der Waals surface area (Å²) in [6, 6.07) is 6.24. The van der Waals surface area contributed by atoms with Crippen LogP contribution in [0.2, 0.25) is 0 Å². The highest BCUT2D eigenvalue weighted by molar-refractivity contribution is 5.51. The average Bonchev–Trinajstić information content (AvgIpc) is 2.92. The lowest BCUT2D eigenvalue weighted by atomic mass is 10.2. The van der Waals surface area contributed by atoms with Gasteiger partial charge in [0, 0.05) is 6.04 Å². The minimum absolute atomic E-state index is 0.589. The fraction of sp³-hybridized carbons (Fsp3) is 0.571. The maximum absolute atomic E-state index is 5.82. The fourth-order valence-corrected chi connectivity index (χ4v) is 2.27. The van der Waals surface area contributed by atoms with Gasteiger partial charge in [0.25, 0.3) is 0 Å². The predicted molar refractivity (Wildman–Crippen MR) is 70.7 cm³/mol. The molecule has 1 N–H and O–H groups in total. The molecule has 4 nitrogen and oxygen atoms in total. The van der Waals surface area contributed by atoms with E-state index in [0.717, 1.165) is 13.0 Å². The lowest BCUT2D eigenvalue weighted by Crippen LogP contribution is -2.23. The Morgan fingerprint density at radius 3 is 2.50 bits per heavy atom. The van der Waals surface area contributed by atoms with Crippen LogP contribution in [0.4, 0.5) is 0 Å². The number of hydrogen-bond donors (Lipinski definition) is 1. The molecule has 0 saturated carbocycles. The van der Waals surface area contributed by atoms with E-state index in [0.29, 0.717) is 29.9 Å². The van der Waals surface area contributed by atoms with E-state index in [1.54, 1.807) is 14.2 Å². The number of nitrogens with one attached hydrogen (secondary N) is 1. The van der Waals surface area contributed by atoms with E-state index in [4.69, 9.17) is 14.2 Å². The molecular formula is C14H21NO3. The maximum atomic E-state index is 5.82. The van der Waals surface area contributed by atoms with Gasteiger partial charge in [0.1, 0.15) is 0 Å². The van der Waals surface area contributed by atoms with E-state index in [1.165, 1.54) is 12.8 Å². The SMILES string of the molecule is COc1cccc(OC)c1OCCC1CCCN1. The summed E-state index contributed by atoms with van der Waals surface area (Å²) in [4.78, 5) is 0. The molecule has 1 unspecified atom stereocenters. The molecule has 18 heavy (non-hydrogen) atoms. The van der Waals surface area contributed by atoms with Crippen molar-refractivity contribution in [1.29, 1.82) is 0 Å². The first kappa shape index (κ1) is 13.0. The molecule has 2 rings (SSSR count). The standard InChI is InChI=1S/C14H21NO3/c1-16-12-6-3-7-13(17-2)14(12)18-10-8-11-5-4-9-15-11/h3,6-7,11,15H,4-5,8-10H2,1-2H3. The number of methoxy groups -OCH3 is 2. The van der Waals surface area contributed by atoms with E-state index >= 15 is 0 Å². The van der Waals surface area contributed by atoms with Gasteiger partial charge in [0.15, 0.2) is 11.5 Å². The summed E-state index contributed by atoms with van der Waals surface area (Å²) in [6.07, 6.45) is 3.52. The molecule has 1 heterocycles. The number of ether oxygens (including phenoxy) is 3. The first-order valence-corrected chi connectivity index (χ1v) is 6.42. The Morgan fingerprint density at radius 2 is 1.94 bits per heavy atom. The highest BCUT2D eigenvalue weighted by Crippen LogP contribution is 2.36. The highest BCUT2D eigenvalue weighted by atomic mass is 16.5. The Kier molecular flexibility index (Phi) is 4.70. The summed E-state index contributed by atoms with van der Waals surface area (Å²) in [7, 11) is 3.28. The second-order valence-electron chi connectivity index (χ2n) is 4.42. The van der Waals surface area contributed by atoms with Crippen molar-refractivity contribution < 1.29 is 14.2 Å². The number of para-hydroxylation sites is 1. The van der Waals surface area contributed by atoms with Gasteiger partial charge in [-0.2, -0.15) is 0 Å². The van der Waals surface area contributed by atoms with Gasteiger partial charge in [-0.05, 0) is 37.9 Å². The van der Waals surface area contributed by atoms with E-state index in [-0.39, 0.29) is 0 Å². The second kappa shape index (κ2) is 6.50. The molecule has 0 aliphatic carbocycles. The molecule has 0 bridgehead atoms. The molecule has 0 amide bonds. The minimum Gasteiger partial charge on any atom is -0.493 e. The first-order chi connectivity index (χ1) is 8.85. The van der Waals surface area contributed by atoms with Crippen LogP contribution < -0.4 is 19.5 Å². The van der Waals surface area contributed by atoms with Crippen LogP contribution in [-0.4, -0.2) is 33.4 Å². The third-order valence-corrected chi connectivity index (χ3v) is 3.26. The Labute approximate surface area is 108 Å². The van der Waals surface area contributed by atoms with Crippen molar-refractivity contribution >= 4 is 0 Å². The largest absolute Gasteiger partial charge is 0.493 e. The van der Waals surface area contributed by atoms with Crippen molar-refractivity contribution in [3.05, 3.63) is 18.2 Å². The smallest absolute Gasteiger partial charge is 0.203 e. The number of hydrogen-bond acceptors (Lipinski definition) is 4. The Morgan fingerprint density at radius 1 is 1.22 bits per heavy atom. The summed E-state index contributed by atoms with van der Waals surface area (Å²) < 4.78 is 16.4. The van der Waals surface area contributed by atoms with Gasteiger partial charge in [-0.15, -0.1) is 0 Å². The fourth-order valence-electron chi connectivity index (χ4n) is 2.27. The van der Waals surface area contributed by atoms with E-state index in [1.807, 2.05) is 18.2 Å². The molecule has 1 atom stereocenters. The number of benzene rings is 1. The molecule has 1 aliphatic rings. The predicted octanol–water partition coefficient (Wildman–Crippen LogP) is 2.22. The van der Waals surface area contributed by atoms with Gasteiger partial charge < -0.3 is 19.5 Å². The Hall–Kier alpha value is -1.42. The van der Waals surface area contributed by atoms with Crippen molar-refractivity contribution in [2.75, 3.05) is 27.4 Å². The summed E-state index contributed by atoms with van der Waals surface area (Å²) in [5.41, 5.74) is 0. The van der Waals surface area contributed by atoms with Crippen molar-refractivity contribution in [2.45, 2.75) is 25.3 Å². The van der Waals surface area contributed by atoms with Crippen LogP contribution in [0.15, 0.2) is 18.2 Å². The molecule has 100 valence electrons. The maximum Gasteiger partial charge on any atom is 0.203 e. The van der Waals surface area contributed by atoms with Crippen LogP contribution >= 0.6 is 0 Å². The van der Waals surface area contributed by atoms with Crippen LogP contribution in [0.5, 0.6) is 17.2 Å². The molecule has 0 spiro atoms. The molecule has 4 heteroatoms. The molecule has 1 aromatic carbocycles. The van der Waals surface area contributed by atoms with Gasteiger partial charge in [0.2, 0.25) is 5.75 Å². The molecule has 0 radical (unpaired) electrons. The van der Waals surface area contributed by atoms with Gasteiger partial charge >= 0.3 is 0 Å². The van der Waals surface area contributed by atoms with Crippen LogP contribution in [0.25, 0.3) is 0 Å². The molecule has 1 fully saturated rings. The lowest BCUT2D eigenvalue weighted by Gasteiger charge is -2.15. The van der Waals surface area contributed by atoms with Crippen LogP contribution in [0.1, 0.15) is 19.3 Å². The normalized spacial score (nSPS) is 18.7. The zero-order valence-electron chi connectivity index (χ0n) is 11.1. The van der Waals surface area contributed by atoms with Gasteiger partial charge in [-0.1, -0.05) is 6.07 Å². The quantitative estimate of drug-likeness (QED) is 0.841. The average molecular weight is 251 g/mol. The van der Waals surface area contributed by atoms with Gasteiger partial charge in [-0.25, -0.2) is 0 Å². The van der Waals surface area contributed by atoms with Crippen LogP contribution in [0, 0.1) is 0 Å². The van der Waals surface area contributed by atoms with Crippen LogP contribution in [0.3, 0.4) is 0 Å². The summed E-state index contributed by atoms with van der Waals surface area (Å²) in [5, 5.41) is 3.46. The zero-order valence-corrected chi connectivity index (χ0v) is 11.1. The number of rotatable bonds is 6. The van der Waals surface area contributed by atoms with E-state index in [9.17, 15) is 0 Å². The molecule has 1 aromatic rings. The monoisotopic (exact) mass is 251 g/mol. The van der Waals surface area contributed by atoms with Crippen LogP contribution in [-0.2, 0) is 0 Å². The van der Waals surface area contributed by atoms with Crippen molar-refractivity contribution in [3.63, 3.8) is 0 Å². The van der Waals surface area contributed by atoms with Crippen molar-refractivity contribution in [3.8, 4) is 17.2 Å². The van der Waals surface area contributed by atoms with Crippen molar-refractivity contribution in [2.24, 2.45) is 0 Å². The Bertz CT molecular complexity index is 353. The van der Waals surface area contributed by atoms with Gasteiger partial charge in [0.05, 0.1) is 20.8 Å². The van der Waals surface area contributed by atoms with Gasteiger partial charge in [-0.3, -0.25) is 0 Å². The highest BCUT2D eigenvalue weighted by Gasteiger charge is 2.15. The molecule has 1 aliphatic heterocycles. The van der Waals surface area contributed by atoms with E-state index < -0.39 is 0 Å². The third kappa shape index (κ3) is 3.07. The molecular weight excluding hydrogens is 230 g/mol. The summed E-state index contributed by atoms with van der Waals surface area (Å²) >= 11 is 0. The summed E-state index contributed by atoms with van der Waals surface area (Å²) in [6.45, 7) is 1.80. The Balaban J connectivity index is 1.94. The van der Waals surface area contributed by atoms with E-state index in [2.05, 4.69) is 5.32 Å². The lowest BCUT2D eigenvalue weighted by molar-refractivity contribution is 0.259. The van der Waals surface area contributed by atoms with Crippen molar-refractivity contribution in [1.82, 2.24) is 5.32 Å². The summed E-state index contributed by atoms with van der Waals surface area (Å²) in [5.74, 6) is 2.13. The molecule has 1 saturated heterocycles. The second-order valence-corrected chi connectivity index (χ2v) is 4.42. The third-order valence-electron chi connectivity index (χ3n) is 3.26. The molecule has 0 aromatic heterocycles. The zero-order chi connectivity index (χ0) is 12.8. The first-order valence-electron chi connectivity index (χ1n) is 6.42. The minimum atomic E-state index is 0.589.